The maximum Gasteiger partial charge on any atom is 0.135 e. The van der Waals surface area contributed by atoms with E-state index in [4.69, 9.17) is 0 Å². The highest BCUT2D eigenvalue weighted by Crippen LogP contribution is 2.34. The predicted octanol–water partition coefficient (Wildman–Crippen LogP) is 3.29. The minimum Gasteiger partial charge on any atom is -0.356 e. The molecule has 3 rings (SSSR count). The van der Waals surface area contributed by atoms with E-state index in [1.165, 1.54) is 51.0 Å². The summed E-state index contributed by atoms with van der Waals surface area (Å²) in [6.45, 7) is 15.1. The fourth-order valence-electron chi connectivity index (χ4n) is 4.33. The number of likely N-dealkylation sites (tertiary alicyclic amines) is 1. The Kier molecular flexibility index (Phi) is 5.20. The van der Waals surface area contributed by atoms with Crippen LogP contribution in [0.5, 0.6) is 0 Å². The Morgan fingerprint density at radius 2 is 1.74 bits per heavy atom. The van der Waals surface area contributed by atoms with Crippen LogP contribution in [-0.4, -0.2) is 47.6 Å². The van der Waals surface area contributed by atoms with Gasteiger partial charge in [0, 0.05) is 30.9 Å². The Balaban J connectivity index is 1.55. The van der Waals surface area contributed by atoms with E-state index in [9.17, 15) is 0 Å². The van der Waals surface area contributed by atoms with E-state index >= 15 is 0 Å². The van der Waals surface area contributed by atoms with Gasteiger partial charge in [0.15, 0.2) is 0 Å². The third kappa shape index (κ3) is 3.85. The van der Waals surface area contributed by atoms with Gasteiger partial charge in [0.1, 0.15) is 12.1 Å². The normalized spacial score (nSPS) is 23.9. The summed E-state index contributed by atoms with van der Waals surface area (Å²) in [4.78, 5) is 14.0. The number of piperidine rings is 1. The molecule has 0 aromatic carbocycles. The van der Waals surface area contributed by atoms with Crippen LogP contribution in [-0.2, 0) is 0 Å². The Morgan fingerprint density at radius 3 is 2.43 bits per heavy atom. The molecular formula is C19H32N4. The van der Waals surface area contributed by atoms with Crippen LogP contribution in [0.15, 0.2) is 6.33 Å². The lowest BCUT2D eigenvalue weighted by atomic mass is 9.83. The zero-order valence-corrected chi connectivity index (χ0v) is 15.3. The van der Waals surface area contributed by atoms with Crippen molar-refractivity contribution in [3.05, 3.63) is 17.6 Å². The zero-order valence-electron chi connectivity index (χ0n) is 15.3. The van der Waals surface area contributed by atoms with Crippen molar-refractivity contribution in [1.82, 2.24) is 14.9 Å². The highest BCUT2D eigenvalue weighted by Gasteiger charge is 2.33. The number of hydrogen-bond donors (Lipinski definition) is 0. The van der Waals surface area contributed by atoms with Gasteiger partial charge in [0.2, 0.25) is 0 Å². The molecule has 0 unspecified atom stereocenters. The van der Waals surface area contributed by atoms with E-state index in [1.54, 1.807) is 6.33 Å². The Bertz CT molecular complexity index is 520. The molecule has 128 valence electrons. The maximum absolute atomic E-state index is 4.55. The molecule has 1 atom stereocenters. The van der Waals surface area contributed by atoms with Crippen LogP contribution in [0.4, 0.5) is 5.82 Å². The lowest BCUT2D eigenvalue weighted by Gasteiger charge is -2.35. The lowest BCUT2D eigenvalue weighted by molar-refractivity contribution is 0.141. The second kappa shape index (κ2) is 7.16. The van der Waals surface area contributed by atoms with E-state index in [0.29, 0.717) is 0 Å². The molecule has 4 nitrogen and oxygen atoms in total. The summed E-state index contributed by atoms with van der Waals surface area (Å²) in [5, 5.41) is 0. The molecule has 3 heterocycles. The summed E-state index contributed by atoms with van der Waals surface area (Å²) >= 11 is 0. The fraction of sp³-hybridized carbons (Fsp3) is 0.789. The third-order valence-corrected chi connectivity index (χ3v) is 5.76. The van der Waals surface area contributed by atoms with Crippen LogP contribution in [0.2, 0.25) is 0 Å². The van der Waals surface area contributed by atoms with Crippen molar-refractivity contribution < 1.29 is 0 Å². The van der Waals surface area contributed by atoms with Crippen molar-refractivity contribution in [1.29, 1.82) is 0 Å². The second-order valence-electron chi connectivity index (χ2n) is 7.93. The maximum atomic E-state index is 4.55. The smallest absolute Gasteiger partial charge is 0.135 e. The van der Waals surface area contributed by atoms with Gasteiger partial charge < -0.3 is 9.80 Å². The Morgan fingerprint density at radius 1 is 1.04 bits per heavy atom. The molecule has 0 saturated carbocycles. The van der Waals surface area contributed by atoms with Gasteiger partial charge in [-0.05, 0) is 64.0 Å². The van der Waals surface area contributed by atoms with Gasteiger partial charge in [0.05, 0.1) is 0 Å². The van der Waals surface area contributed by atoms with Crippen molar-refractivity contribution in [2.45, 2.75) is 47.0 Å². The van der Waals surface area contributed by atoms with Gasteiger partial charge in [-0.15, -0.1) is 0 Å². The first-order chi connectivity index (χ1) is 11.0. The Hall–Kier alpha value is -1.16. The van der Waals surface area contributed by atoms with Crippen LogP contribution in [0.3, 0.4) is 0 Å². The summed E-state index contributed by atoms with van der Waals surface area (Å²) in [5.41, 5.74) is 2.36. The van der Waals surface area contributed by atoms with Crippen molar-refractivity contribution in [2.75, 3.05) is 37.6 Å². The molecule has 0 bridgehead atoms. The molecule has 2 fully saturated rings. The highest BCUT2D eigenvalue weighted by atomic mass is 15.2. The summed E-state index contributed by atoms with van der Waals surface area (Å²) in [5.74, 6) is 3.72. The summed E-state index contributed by atoms with van der Waals surface area (Å²) in [7, 11) is 0. The number of aryl methyl sites for hydroxylation is 1. The topological polar surface area (TPSA) is 32.3 Å². The first kappa shape index (κ1) is 16.7. The van der Waals surface area contributed by atoms with Gasteiger partial charge in [-0.3, -0.25) is 0 Å². The van der Waals surface area contributed by atoms with Crippen LogP contribution in [0.1, 0.15) is 44.4 Å². The monoisotopic (exact) mass is 316 g/mol. The molecule has 2 aliphatic rings. The predicted molar refractivity (Wildman–Crippen MR) is 95.8 cm³/mol. The van der Waals surface area contributed by atoms with Gasteiger partial charge in [-0.25, -0.2) is 9.97 Å². The molecule has 4 heteroatoms. The van der Waals surface area contributed by atoms with Crippen LogP contribution < -0.4 is 4.90 Å². The Labute approximate surface area is 141 Å². The molecule has 0 spiro atoms. The first-order valence-electron chi connectivity index (χ1n) is 9.30. The van der Waals surface area contributed by atoms with Crippen molar-refractivity contribution in [3.8, 4) is 0 Å². The molecular weight excluding hydrogens is 284 g/mol. The van der Waals surface area contributed by atoms with Crippen molar-refractivity contribution in [2.24, 2.45) is 17.8 Å². The molecule has 1 aromatic heterocycles. The van der Waals surface area contributed by atoms with E-state index in [0.717, 1.165) is 35.8 Å². The fourth-order valence-corrected chi connectivity index (χ4v) is 4.33. The standard InChI is InChI=1S/C19H32N4/c1-14(2)11-22-8-5-17(6-9-22)18-7-10-23(12-18)19-15(3)16(4)20-13-21-19/h13-14,17-18H,5-12H2,1-4H3/t18-/m0/s1. The van der Waals surface area contributed by atoms with Gasteiger partial charge in [-0.2, -0.15) is 0 Å². The molecule has 0 amide bonds. The summed E-state index contributed by atoms with van der Waals surface area (Å²) in [6.07, 6.45) is 5.81. The summed E-state index contributed by atoms with van der Waals surface area (Å²) in [6, 6.07) is 0. The third-order valence-electron chi connectivity index (χ3n) is 5.76. The molecule has 1 aromatic rings. The van der Waals surface area contributed by atoms with E-state index in [-0.39, 0.29) is 0 Å². The minimum absolute atomic E-state index is 0.789. The number of anilines is 1. The van der Waals surface area contributed by atoms with E-state index < -0.39 is 0 Å². The van der Waals surface area contributed by atoms with Crippen LogP contribution >= 0.6 is 0 Å². The molecule has 23 heavy (non-hydrogen) atoms. The average molecular weight is 316 g/mol. The average Bonchev–Trinajstić information content (AvgIpc) is 3.00. The van der Waals surface area contributed by atoms with E-state index in [2.05, 4.69) is 47.5 Å². The molecule has 2 aliphatic heterocycles. The van der Waals surface area contributed by atoms with Gasteiger partial charge in [0.25, 0.3) is 0 Å². The van der Waals surface area contributed by atoms with E-state index in [1.807, 2.05) is 0 Å². The quantitative estimate of drug-likeness (QED) is 0.853. The number of nitrogens with zero attached hydrogens (tertiary/aromatic N) is 4. The number of rotatable bonds is 4. The zero-order chi connectivity index (χ0) is 16.4. The van der Waals surface area contributed by atoms with Crippen LogP contribution in [0.25, 0.3) is 0 Å². The van der Waals surface area contributed by atoms with Crippen molar-refractivity contribution in [3.63, 3.8) is 0 Å². The highest BCUT2D eigenvalue weighted by molar-refractivity contribution is 5.48. The summed E-state index contributed by atoms with van der Waals surface area (Å²) < 4.78 is 0. The minimum atomic E-state index is 0.789. The first-order valence-corrected chi connectivity index (χ1v) is 9.30. The van der Waals surface area contributed by atoms with Gasteiger partial charge >= 0.3 is 0 Å². The number of aromatic nitrogens is 2. The molecule has 0 aliphatic carbocycles. The molecule has 0 N–H and O–H groups in total. The van der Waals surface area contributed by atoms with Gasteiger partial charge in [-0.1, -0.05) is 13.8 Å². The van der Waals surface area contributed by atoms with Crippen LogP contribution in [0, 0.1) is 31.6 Å². The molecule has 2 saturated heterocycles. The SMILES string of the molecule is Cc1ncnc(N2CC[C@H](C3CCN(CC(C)C)CC3)C2)c1C. The molecule has 0 radical (unpaired) electrons. The largest absolute Gasteiger partial charge is 0.356 e. The van der Waals surface area contributed by atoms with Crippen molar-refractivity contribution >= 4 is 5.82 Å². The number of hydrogen-bond acceptors (Lipinski definition) is 4. The second-order valence-corrected chi connectivity index (χ2v) is 7.93. The lowest BCUT2D eigenvalue weighted by Crippen LogP contribution is -2.38.